The Morgan fingerprint density at radius 2 is 1.57 bits per heavy atom. The second-order valence-corrected chi connectivity index (χ2v) is 10.1. The quantitative estimate of drug-likeness (QED) is 0.0884. The van der Waals surface area contributed by atoms with Crippen LogP contribution in [0.25, 0.3) is 0 Å². The Labute approximate surface area is 229 Å². The first kappa shape index (κ1) is 32.5. The average Bonchev–Trinajstić information content (AvgIpc) is 3.13. The maximum atomic E-state index is 11.3. The van der Waals surface area contributed by atoms with Crippen LogP contribution in [0.1, 0.15) is 6.92 Å². The molecule has 40 heavy (non-hydrogen) atoms. The lowest BCUT2D eigenvalue weighted by Crippen LogP contribution is -2.70. The predicted octanol–water partition coefficient (Wildman–Crippen LogP) is -8.16. The van der Waals surface area contributed by atoms with E-state index in [4.69, 9.17) is 41.6 Å². The molecule has 2 heterocycles. The molecule has 2 saturated heterocycles. The summed E-state index contributed by atoms with van der Waals surface area (Å²) in [6.07, 6.45) is -16.9. The molecular formula is C21H41N7O12. The number of ether oxygens (including phenoxy) is 4. The first-order chi connectivity index (χ1) is 18.7. The normalized spacial score (nSPS) is 47.5. The summed E-state index contributed by atoms with van der Waals surface area (Å²) in [7, 11) is 1.44. The van der Waals surface area contributed by atoms with Gasteiger partial charge < -0.3 is 87.6 Å². The number of guanidine groups is 2. The van der Waals surface area contributed by atoms with Gasteiger partial charge in [-0.25, -0.2) is 4.99 Å². The summed E-state index contributed by atoms with van der Waals surface area (Å²) in [6.45, 7) is -0.205. The van der Waals surface area contributed by atoms with Crippen LogP contribution < -0.4 is 27.8 Å². The van der Waals surface area contributed by atoms with Crippen LogP contribution in [0, 0.1) is 5.41 Å². The van der Waals surface area contributed by atoms with Crippen molar-refractivity contribution in [2.45, 2.75) is 98.2 Å². The summed E-state index contributed by atoms with van der Waals surface area (Å²) in [4.78, 5) is 3.75. The van der Waals surface area contributed by atoms with Crippen LogP contribution in [-0.4, -0.2) is 164 Å². The lowest BCUT2D eigenvalue weighted by Gasteiger charge is -2.46. The average molecular weight is 584 g/mol. The Hall–Kier alpha value is -1.98. The molecule has 2 aliphatic heterocycles. The van der Waals surface area contributed by atoms with Crippen LogP contribution in [-0.2, 0) is 18.9 Å². The van der Waals surface area contributed by atoms with E-state index in [0.717, 1.165) is 0 Å². The zero-order valence-electron chi connectivity index (χ0n) is 21.9. The van der Waals surface area contributed by atoms with Gasteiger partial charge in [-0.05, 0) is 14.0 Å². The maximum Gasteiger partial charge on any atom is 0.187 e. The molecule has 0 spiro atoms. The summed E-state index contributed by atoms with van der Waals surface area (Å²) < 4.78 is 23.2. The van der Waals surface area contributed by atoms with Gasteiger partial charge in [0.05, 0.1) is 31.4 Å². The van der Waals surface area contributed by atoms with Crippen molar-refractivity contribution >= 4 is 11.9 Å². The minimum atomic E-state index is -2.15. The van der Waals surface area contributed by atoms with E-state index in [0.29, 0.717) is 0 Å². The van der Waals surface area contributed by atoms with Crippen molar-refractivity contribution in [3.05, 3.63) is 0 Å². The van der Waals surface area contributed by atoms with E-state index in [2.05, 4.69) is 15.6 Å². The van der Waals surface area contributed by atoms with Gasteiger partial charge in [0, 0.05) is 0 Å². The zero-order valence-corrected chi connectivity index (χ0v) is 21.9. The number of aliphatic hydroxyl groups excluding tert-OH is 7. The van der Waals surface area contributed by atoms with Crippen LogP contribution in [0.2, 0.25) is 0 Å². The maximum absolute atomic E-state index is 11.3. The number of nitrogens with zero attached hydrogens (tertiary/aromatic N) is 1. The van der Waals surface area contributed by atoms with Crippen molar-refractivity contribution in [1.82, 2.24) is 10.6 Å². The number of hydrogen-bond acceptors (Lipinski definition) is 15. The standard InChI is InChI=1S/C21H41N7O12/c1-5-21(36,4-30)16(40-17-9(26-2)13(34)10(31)6(3-29)38-17)18(37-5)39-15-8(28-20(24)25)11(32)7(27-19(22)23)12(33)14(15)35/h5-18,26,29-36H,3-4H2,1-2H3,(H4,22,23,27)(H4,24,25,28)/t5-,6+,7+,8-,9-,10?,11+,12-,13?,14+,15+,16?,17?,18-,21+/m0/s1. The van der Waals surface area contributed by atoms with Gasteiger partial charge in [-0.1, -0.05) is 0 Å². The first-order valence-corrected chi connectivity index (χ1v) is 12.5. The van der Waals surface area contributed by atoms with Gasteiger partial charge in [0.2, 0.25) is 0 Å². The molecule has 3 fully saturated rings. The minimum Gasteiger partial charge on any atom is -0.394 e. The van der Waals surface area contributed by atoms with E-state index in [1.54, 1.807) is 0 Å². The molecule has 3 aliphatic rings. The summed E-state index contributed by atoms with van der Waals surface area (Å²) in [5, 5.41) is 97.0. The summed E-state index contributed by atoms with van der Waals surface area (Å²) >= 11 is 0. The molecule has 3 rings (SSSR count). The van der Waals surface area contributed by atoms with Gasteiger partial charge in [-0.3, -0.25) is 5.41 Å². The van der Waals surface area contributed by atoms with Crippen LogP contribution in [0.3, 0.4) is 0 Å². The van der Waals surface area contributed by atoms with Crippen LogP contribution in [0.5, 0.6) is 0 Å². The molecule has 0 bridgehead atoms. The molecule has 1 aliphatic carbocycles. The molecule has 4 unspecified atom stereocenters. The SMILES string of the molecule is CN[C@@H]1C(OC2[C@H](O[C@H]3[C@H](O)[C@@H](O)[C@H](N=C(N)N)[C@@H](O)[C@@H]3NC(=N)N)O[C@@H](C)[C@]2(O)CO)O[C@H](CO)C(O)C1O. The van der Waals surface area contributed by atoms with E-state index in [9.17, 15) is 40.9 Å². The second-order valence-electron chi connectivity index (χ2n) is 10.1. The molecule has 15 atom stereocenters. The third-order valence-corrected chi connectivity index (χ3v) is 7.55. The Kier molecular flexibility index (Phi) is 10.5. The monoisotopic (exact) mass is 583 g/mol. The van der Waals surface area contributed by atoms with Crippen molar-refractivity contribution < 1.29 is 59.8 Å². The smallest absolute Gasteiger partial charge is 0.187 e. The molecule has 0 aromatic heterocycles. The molecule has 19 nitrogen and oxygen atoms in total. The number of likely N-dealkylation sites (N-methyl/N-ethyl adjacent to an activating group) is 1. The molecule has 1 saturated carbocycles. The van der Waals surface area contributed by atoms with Gasteiger partial charge in [-0.15, -0.1) is 0 Å². The molecule has 17 N–H and O–H groups in total. The fourth-order valence-corrected chi connectivity index (χ4v) is 5.22. The van der Waals surface area contributed by atoms with E-state index >= 15 is 0 Å². The van der Waals surface area contributed by atoms with Crippen molar-refractivity contribution in [2.75, 3.05) is 20.3 Å². The van der Waals surface area contributed by atoms with Crippen molar-refractivity contribution in [3.8, 4) is 0 Å². The van der Waals surface area contributed by atoms with E-state index in [-0.39, 0.29) is 0 Å². The van der Waals surface area contributed by atoms with Crippen molar-refractivity contribution in [1.29, 1.82) is 5.41 Å². The van der Waals surface area contributed by atoms with Crippen LogP contribution in [0.4, 0.5) is 0 Å². The number of nitrogens with one attached hydrogen (secondary N) is 3. The van der Waals surface area contributed by atoms with Crippen molar-refractivity contribution in [3.63, 3.8) is 0 Å². The summed E-state index contributed by atoms with van der Waals surface area (Å²) in [5.41, 5.74) is 14.1. The molecule has 0 amide bonds. The van der Waals surface area contributed by atoms with Crippen LogP contribution >= 0.6 is 0 Å². The molecule has 232 valence electrons. The number of hydrogen-bond donors (Lipinski definition) is 14. The molecular weight excluding hydrogens is 542 g/mol. The topological polar surface area (TPSA) is 337 Å². The molecule has 0 aromatic carbocycles. The molecule has 0 radical (unpaired) electrons. The Morgan fingerprint density at radius 3 is 2.10 bits per heavy atom. The van der Waals surface area contributed by atoms with Gasteiger partial charge in [0.15, 0.2) is 24.5 Å². The van der Waals surface area contributed by atoms with Gasteiger partial charge in [-0.2, -0.15) is 0 Å². The highest BCUT2D eigenvalue weighted by atomic mass is 16.8. The number of aliphatic imine (C=N–C) groups is 1. The van der Waals surface area contributed by atoms with E-state index in [1.807, 2.05) is 0 Å². The summed E-state index contributed by atoms with van der Waals surface area (Å²) in [5.74, 6) is -1.13. The lowest BCUT2D eigenvalue weighted by molar-refractivity contribution is -0.318. The third kappa shape index (κ3) is 6.11. The van der Waals surface area contributed by atoms with Gasteiger partial charge in [0.25, 0.3) is 0 Å². The number of nitrogens with two attached hydrogens (primary N) is 3. The van der Waals surface area contributed by atoms with Gasteiger partial charge in [0.1, 0.15) is 60.5 Å². The largest absolute Gasteiger partial charge is 0.394 e. The predicted molar refractivity (Wildman–Crippen MR) is 133 cm³/mol. The zero-order chi connectivity index (χ0) is 30.1. The lowest BCUT2D eigenvalue weighted by atomic mass is 9.81. The highest BCUT2D eigenvalue weighted by Crippen LogP contribution is 2.38. The van der Waals surface area contributed by atoms with E-state index in [1.165, 1.54) is 14.0 Å². The van der Waals surface area contributed by atoms with Crippen LogP contribution in [0.15, 0.2) is 4.99 Å². The fraction of sp³-hybridized carbons (Fsp3) is 0.905. The first-order valence-electron chi connectivity index (χ1n) is 12.5. The Bertz CT molecular complexity index is 902. The fourth-order valence-electron chi connectivity index (χ4n) is 5.22. The van der Waals surface area contributed by atoms with Crippen molar-refractivity contribution in [2.24, 2.45) is 22.2 Å². The minimum absolute atomic E-state index is 0.495. The highest BCUT2D eigenvalue weighted by Gasteiger charge is 2.60. The third-order valence-electron chi connectivity index (χ3n) is 7.55. The highest BCUT2D eigenvalue weighted by molar-refractivity contribution is 5.76. The number of rotatable bonds is 9. The number of aliphatic hydroxyl groups is 8. The Balaban J connectivity index is 1.94. The summed E-state index contributed by atoms with van der Waals surface area (Å²) in [6, 6.07) is -3.94. The molecule has 19 heteroatoms. The van der Waals surface area contributed by atoms with E-state index < -0.39 is 116 Å². The molecule has 0 aromatic rings. The van der Waals surface area contributed by atoms with Gasteiger partial charge >= 0.3 is 0 Å². The Morgan fingerprint density at radius 1 is 0.925 bits per heavy atom. The second kappa shape index (κ2) is 12.9.